The van der Waals surface area contributed by atoms with E-state index in [9.17, 15) is 4.79 Å². The molecule has 1 aromatic carbocycles. The first-order chi connectivity index (χ1) is 8.13. The van der Waals surface area contributed by atoms with Crippen molar-refractivity contribution in [3.05, 3.63) is 35.5 Å². The lowest BCUT2D eigenvalue weighted by molar-refractivity contribution is 0.0697. The molecule has 3 N–H and O–H groups in total. The lowest BCUT2D eigenvalue weighted by Gasteiger charge is -1.99. The van der Waals surface area contributed by atoms with E-state index in [1.54, 1.807) is 12.1 Å². The fraction of sp³-hybridized carbons (Fsp3) is 0.308. The Bertz CT molecular complexity index is 558. The van der Waals surface area contributed by atoms with Crippen molar-refractivity contribution < 1.29 is 9.90 Å². The maximum Gasteiger partial charge on any atom is 0.335 e. The van der Waals surface area contributed by atoms with Crippen LogP contribution in [0, 0.1) is 0 Å². The number of hydrogen-bond acceptors (Lipinski definition) is 2. The third kappa shape index (κ3) is 2.17. The van der Waals surface area contributed by atoms with Crippen molar-refractivity contribution in [2.24, 2.45) is 12.8 Å². The van der Waals surface area contributed by atoms with E-state index in [1.165, 1.54) is 5.56 Å². The van der Waals surface area contributed by atoms with Gasteiger partial charge in [-0.15, -0.1) is 0 Å². The minimum Gasteiger partial charge on any atom is -0.478 e. The van der Waals surface area contributed by atoms with Gasteiger partial charge in [0.2, 0.25) is 0 Å². The molecule has 0 unspecified atom stereocenters. The van der Waals surface area contributed by atoms with Crippen LogP contribution in [0.25, 0.3) is 10.9 Å². The van der Waals surface area contributed by atoms with Gasteiger partial charge >= 0.3 is 5.97 Å². The maximum absolute atomic E-state index is 10.9. The highest BCUT2D eigenvalue weighted by molar-refractivity contribution is 5.94. The molecule has 0 saturated heterocycles. The smallest absolute Gasteiger partial charge is 0.335 e. The second-order valence-corrected chi connectivity index (χ2v) is 4.19. The van der Waals surface area contributed by atoms with E-state index < -0.39 is 5.97 Å². The summed E-state index contributed by atoms with van der Waals surface area (Å²) in [6.07, 6.45) is 3.92. The average Bonchev–Trinajstić information content (AvgIpc) is 2.63. The number of rotatable bonds is 4. The molecule has 17 heavy (non-hydrogen) atoms. The lowest BCUT2D eigenvalue weighted by Crippen LogP contribution is -2.00. The summed E-state index contributed by atoms with van der Waals surface area (Å²) in [6.45, 7) is 0.670. The van der Waals surface area contributed by atoms with Crippen LogP contribution in [0.4, 0.5) is 0 Å². The molecule has 0 fully saturated rings. The summed E-state index contributed by atoms with van der Waals surface area (Å²) >= 11 is 0. The highest BCUT2D eigenvalue weighted by Crippen LogP contribution is 2.23. The predicted molar refractivity (Wildman–Crippen MR) is 67.3 cm³/mol. The summed E-state index contributed by atoms with van der Waals surface area (Å²) in [5.74, 6) is -0.892. The molecule has 4 heteroatoms. The molecule has 0 amide bonds. The molecule has 0 atom stereocenters. The summed E-state index contributed by atoms with van der Waals surface area (Å²) < 4.78 is 1.97. The molecule has 0 aliphatic carbocycles. The number of carbonyl (C=O) groups is 1. The number of aromatic carboxylic acids is 1. The van der Waals surface area contributed by atoms with Gasteiger partial charge in [-0.3, -0.25) is 0 Å². The monoisotopic (exact) mass is 232 g/mol. The Morgan fingerprint density at radius 2 is 2.24 bits per heavy atom. The van der Waals surface area contributed by atoms with Crippen molar-refractivity contribution in [1.82, 2.24) is 4.57 Å². The first-order valence-electron chi connectivity index (χ1n) is 5.65. The van der Waals surface area contributed by atoms with Crippen molar-refractivity contribution in [2.45, 2.75) is 12.8 Å². The molecule has 0 aliphatic rings. The molecule has 1 heterocycles. The Morgan fingerprint density at radius 3 is 2.88 bits per heavy atom. The Morgan fingerprint density at radius 1 is 1.47 bits per heavy atom. The Labute approximate surface area is 99.7 Å². The van der Waals surface area contributed by atoms with Crippen LogP contribution in [-0.2, 0) is 13.5 Å². The number of hydrogen-bond donors (Lipinski definition) is 2. The van der Waals surface area contributed by atoms with Gasteiger partial charge in [-0.1, -0.05) is 6.07 Å². The number of carboxylic acids is 1. The molecule has 0 radical (unpaired) electrons. The van der Waals surface area contributed by atoms with Crippen LogP contribution in [0.3, 0.4) is 0 Å². The molecule has 0 aliphatic heterocycles. The van der Waals surface area contributed by atoms with E-state index in [4.69, 9.17) is 10.8 Å². The normalized spacial score (nSPS) is 10.9. The van der Waals surface area contributed by atoms with E-state index in [0.717, 1.165) is 23.7 Å². The van der Waals surface area contributed by atoms with Crippen LogP contribution in [-0.4, -0.2) is 22.2 Å². The second-order valence-electron chi connectivity index (χ2n) is 4.19. The van der Waals surface area contributed by atoms with E-state index in [2.05, 4.69) is 0 Å². The van der Waals surface area contributed by atoms with Crippen molar-refractivity contribution in [2.75, 3.05) is 6.54 Å². The third-order valence-corrected chi connectivity index (χ3v) is 2.97. The van der Waals surface area contributed by atoms with Gasteiger partial charge in [0, 0.05) is 24.1 Å². The second kappa shape index (κ2) is 4.59. The van der Waals surface area contributed by atoms with Gasteiger partial charge in [0.1, 0.15) is 0 Å². The van der Waals surface area contributed by atoms with Gasteiger partial charge in [-0.25, -0.2) is 4.79 Å². The summed E-state index contributed by atoms with van der Waals surface area (Å²) in [7, 11) is 1.93. The zero-order valence-electron chi connectivity index (χ0n) is 9.81. The van der Waals surface area contributed by atoms with E-state index in [-0.39, 0.29) is 0 Å². The Hall–Kier alpha value is -1.81. The van der Waals surface area contributed by atoms with Crippen LogP contribution in [0.2, 0.25) is 0 Å². The predicted octanol–water partition coefficient (Wildman–Crippen LogP) is 1.77. The number of nitrogens with two attached hydrogens (primary N) is 1. The fourth-order valence-electron chi connectivity index (χ4n) is 2.09. The summed E-state index contributed by atoms with van der Waals surface area (Å²) in [6, 6.07) is 5.24. The number of carboxylic acid groups (broad SMARTS) is 1. The van der Waals surface area contributed by atoms with Crippen molar-refractivity contribution in [1.29, 1.82) is 0 Å². The summed E-state index contributed by atoms with van der Waals surface area (Å²) in [4.78, 5) is 10.9. The molecule has 90 valence electrons. The first kappa shape index (κ1) is 11.7. The topological polar surface area (TPSA) is 68.2 Å². The third-order valence-electron chi connectivity index (χ3n) is 2.97. The average molecular weight is 232 g/mol. The minimum absolute atomic E-state index is 0.323. The maximum atomic E-state index is 10.9. The van der Waals surface area contributed by atoms with Crippen LogP contribution < -0.4 is 5.73 Å². The summed E-state index contributed by atoms with van der Waals surface area (Å²) in [5, 5.41) is 10.1. The highest BCUT2D eigenvalue weighted by atomic mass is 16.4. The van der Waals surface area contributed by atoms with Gasteiger partial charge in [0.15, 0.2) is 0 Å². The molecule has 1 aromatic heterocycles. The molecule has 4 nitrogen and oxygen atoms in total. The van der Waals surface area contributed by atoms with Gasteiger partial charge in [-0.2, -0.15) is 0 Å². The standard InChI is InChI=1S/C13H16N2O2/c1-15-8-10(3-2-6-14)11-5-4-9(13(16)17)7-12(11)15/h4-5,7-8H,2-3,6,14H2,1H3,(H,16,17). The number of fused-ring (bicyclic) bond motifs is 1. The number of nitrogens with zero attached hydrogens (tertiary/aromatic N) is 1. The number of aryl methyl sites for hydroxylation is 2. The summed E-state index contributed by atoms with van der Waals surface area (Å²) in [5.41, 5.74) is 8.01. The molecular formula is C13H16N2O2. The van der Waals surface area contributed by atoms with Gasteiger partial charge in [-0.05, 0) is 37.1 Å². The Kier molecular flexibility index (Phi) is 3.15. The van der Waals surface area contributed by atoms with Crippen LogP contribution >= 0.6 is 0 Å². The van der Waals surface area contributed by atoms with E-state index in [0.29, 0.717) is 12.1 Å². The quantitative estimate of drug-likeness (QED) is 0.844. The van der Waals surface area contributed by atoms with Crippen LogP contribution in [0.5, 0.6) is 0 Å². The fourth-order valence-corrected chi connectivity index (χ4v) is 2.09. The van der Waals surface area contributed by atoms with Crippen molar-refractivity contribution >= 4 is 16.9 Å². The number of aromatic nitrogens is 1. The molecule has 0 saturated carbocycles. The van der Waals surface area contributed by atoms with Gasteiger partial charge < -0.3 is 15.4 Å². The SMILES string of the molecule is Cn1cc(CCCN)c2ccc(C(=O)O)cc21. The van der Waals surface area contributed by atoms with E-state index >= 15 is 0 Å². The lowest BCUT2D eigenvalue weighted by atomic mass is 10.1. The first-order valence-corrected chi connectivity index (χ1v) is 5.65. The van der Waals surface area contributed by atoms with Crippen LogP contribution in [0.1, 0.15) is 22.3 Å². The number of benzene rings is 1. The molecule has 2 aromatic rings. The van der Waals surface area contributed by atoms with Crippen LogP contribution in [0.15, 0.2) is 24.4 Å². The molecule has 0 bridgehead atoms. The minimum atomic E-state index is -0.892. The van der Waals surface area contributed by atoms with Crippen molar-refractivity contribution in [3.8, 4) is 0 Å². The van der Waals surface area contributed by atoms with Gasteiger partial charge in [0.25, 0.3) is 0 Å². The molecule has 2 rings (SSSR count). The van der Waals surface area contributed by atoms with E-state index in [1.807, 2.05) is 23.9 Å². The molecular weight excluding hydrogens is 216 g/mol. The largest absolute Gasteiger partial charge is 0.478 e. The zero-order valence-corrected chi connectivity index (χ0v) is 9.81. The zero-order chi connectivity index (χ0) is 12.4. The highest BCUT2D eigenvalue weighted by Gasteiger charge is 2.09. The van der Waals surface area contributed by atoms with Gasteiger partial charge in [0.05, 0.1) is 5.56 Å². The van der Waals surface area contributed by atoms with Crippen molar-refractivity contribution in [3.63, 3.8) is 0 Å². The molecule has 0 spiro atoms. The Balaban J connectivity index is 2.49.